The summed E-state index contributed by atoms with van der Waals surface area (Å²) in [4.78, 5) is 14.0. The van der Waals surface area contributed by atoms with Crippen LogP contribution in [0.25, 0.3) is 0 Å². The lowest BCUT2D eigenvalue weighted by Gasteiger charge is -2.34. The first-order chi connectivity index (χ1) is 10.7. The van der Waals surface area contributed by atoms with Gasteiger partial charge in [0, 0.05) is 18.6 Å². The summed E-state index contributed by atoms with van der Waals surface area (Å²) in [6.45, 7) is 8.17. The largest absolute Gasteiger partial charge is 0.335 e. The molecule has 128 valence electrons. The van der Waals surface area contributed by atoms with Crippen molar-refractivity contribution in [1.82, 2.24) is 10.2 Å². The Bertz CT molecular complexity index is 685. The summed E-state index contributed by atoms with van der Waals surface area (Å²) in [5.74, 6) is 0.0993. The fourth-order valence-corrected chi connectivity index (χ4v) is 4.61. The molecule has 2 rings (SSSR count). The van der Waals surface area contributed by atoms with Crippen molar-refractivity contribution in [3.05, 3.63) is 34.9 Å². The van der Waals surface area contributed by atoms with Crippen molar-refractivity contribution in [3.8, 4) is 0 Å². The normalized spacial score (nSPS) is 21.7. The van der Waals surface area contributed by atoms with Gasteiger partial charge in [-0.2, -0.15) is 0 Å². The first-order valence-corrected chi connectivity index (χ1v) is 9.84. The molecular weight excluding hydrogens is 312 g/mol. The zero-order valence-corrected chi connectivity index (χ0v) is 15.1. The zero-order chi connectivity index (χ0) is 17.2. The van der Waals surface area contributed by atoms with Gasteiger partial charge in [-0.05, 0) is 45.2 Å². The quantitative estimate of drug-likeness (QED) is 0.917. The van der Waals surface area contributed by atoms with Gasteiger partial charge < -0.3 is 10.2 Å². The van der Waals surface area contributed by atoms with Crippen molar-refractivity contribution in [2.24, 2.45) is 0 Å². The molecule has 0 aliphatic carbocycles. The number of nitrogens with zero attached hydrogens (tertiary/aromatic N) is 1. The highest BCUT2D eigenvalue weighted by atomic mass is 32.2. The Balaban J connectivity index is 1.94. The van der Waals surface area contributed by atoms with Gasteiger partial charge in [-0.1, -0.05) is 23.8 Å². The fraction of sp³-hybridized carbons (Fsp3) is 0.588. The number of sulfone groups is 1. The Kier molecular flexibility index (Phi) is 5.34. The summed E-state index contributed by atoms with van der Waals surface area (Å²) in [5.41, 5.74) is 3.67. The number of carbonyl (C=O) groups excluding carboxylic acids is 1. The second-order valence-electron chi connectivity index (χ2n) is 6.64. The van der Waals surface area contributed by atoms with Gasteiger partial charge in [0.25, 0.3) is 0 Å². The molecule has 0 unspecified atom stereocenters. The average Bonchev–Trinajstić information content (AvgIpc) is 2.40. The first kappa shape index (κ1) is 17.8. The third-order valence-corrected chi connectivity index (χ3v) is 6.12. The second-order valence-corrected chi connectivity index (χ2v) is 8.87. The highest BCUT2D eigenvalue weighted by molar-refractivity contribution is 7.91. The molecule has 0 saturated carbocycles. The molecule has 2 amide bonds. The minimum atomic E-state index is -3.01. The van der Waals surface area contributed by atoms with Crippen LogP contribution < -0.4 is 5.32 Å². The monoisotopic (exact) mass is 338 g/mol. The van der Waals surface area contributed by atoms with Crippen molar-refractivity contribution in [3.63, 3.8) is 0 Å². The van der Waals surface area contributed by atoms with Gasteiger partial charge in [-0.15, -0.1) is 0 Å². The van der Waals surface area contributed by atoms with E-state index < -0.39 is 9.84 Å². The Morgan fingerprint density at radius 3 is 2.70 bits per heavy atom. The van der Waals surface area contributed by atoms with E-state index >= 15 is 0 Å². The van der Waals surface area contributed by atoms with Crippen LogP contribution in [0, 0.1) is 13.8 Å². The van der Waals surface area contributed by atoms with E-state index in [2.05, 4.69) is 37.4 Å². The third kappa shape index (κ3) is 4.70. The smallest absolute Gasteiger partial charge is 0.317 e. The molecule has 0 spiro atoms. The molecule has 23 heavy (non-hydrogen) atoms. The maximum absolute atomic E-state index is 12.4. The fourth-order valence-electron chi connectivity index (χ4n) is 3.05. The SMILES string of the molecule is Cc1ccc(C[C@@H](C)NC(=O)N2CCS(=O)(=O)C[C@H]2C)c(C)c1. The van der Waals surface area contributed by atoms with Crippen molar-refractivity contribution in [2.45, 2.75) is 46.2 Å². The summed E-state index contributed by atoms with van der Waals surface area (Å²) in [5, 5.41) is 2.99. The second kappa shape index (κ2) is 6.91. The van der Waals surface area contributed by atoms with Gasteiger partial charge >= 0.3 is 6.03 Å². The van der Waals surface area contributed by atoms with E-state index in [4.69, 9.17) is 0 Å². The van der Waals surface area contributed by atoms with Crippen LogP contribution in [-0.4, -0.2) is 49.5 Å². The molecular formula is C17H26N2O3S. The van der Waals surface area contributed by atoms with Gasteiger partial charge in [0.2, 0.25) is 0 Å². The van der Waals surface area contributed by atoms with Gasteiger partial charge in [-0.25, -0.2) is 13.2 Å². The lowest BCUT2D eigenvalue weighted by molar-refractivity contribution is 0.182. The standard InChI is InChI=1S/C17H26N2O3S/c1-12-5-6-16(13(2)9-12)10-14(3)18-17(20)19-7-8-23(21,22)11-15(19)4/h5-6,9,14-15H,7-8,10-11H2,1-4H3,(H,18,20)/t14-,15-/m1/s1. The van der Waals surface area contributed by atoms with Crippen LogP contribution in [-0.2, 0) is 16.3 Å². The van der Waals surface area contributed by atoms with Gasteiger partial charge in [0.1, 0.15) is 0 Å². The number of amides is 2. The van der Waals surface area contributed by atoms with Crippen molar-refractivity contribution in [2.75, 3.05) is 18.1 Å². The molecule has 6 heteroatoms. The van der Waals surface area contributed by atoms with Crippen LogP contribution in [0.3, 0.4) is 0 Å². The maximum Gasteiger partial charge on any atom is 0.317 e. The van der Waals surface area contributed by atoms with E-state index in [-0.39, 0.29) is 36.2 Å². The summed E-state index contributed by atoms with van der Waals surface area (Å²) < 4.78 is 23.2. The van der Waals surface area contributed by atoms with Crippen LogP contribution in [0.2, 0.25) is 0 Å². The summed E-state index contributed by atoms with van der Waals surface area (Å²) in [6.07, 6.45) is 0.762. The van der Waals surface area contributed by atoms with E-state index in [1.165, 1.54) is 16.7 Å². The molecule has 0 aromatic heterocycles. The average molecular weight is 338 g/mol. The molecule has 1 aromatic carbocycles. The topological polar surface area (TPSA) is 66.5 Å². The third-order valence-electron chi connectivity index (χ3n) is 4.33. The molecule has 2 atom stereocenters. The number of hydrogen-bond donors (Lipinski definition) is 1. The lowest BCUT2D eigenvalue weighted by Crippen LogP contribution is -2.54. The molecule has 1 saturated heterocycles. The van der Waals surface area contributed by atoms with Crippen LogP contribution >= 0.6 is 0 Å². The van der Waals surface area contributed by atoms with Crippen LogP contribution in [0.5, 0.6) is 0 Å². The molecule has 5 nitrogen and oxygen atoms in total. The number of aryl methyl sites for hydroxylation is 2. The summed E-state index contributed by atoms with van der Waals surface area (Å²) >= 11 is 0. The van der Waals surface area contributed by atoms with Crippen molar-refractivity contribution < 1.29 is 13.2 Å². The number of benzene rings is 1. The van der Waals surface area contributed by atoms with Gasteiger partial charge in [0.15, 0.2) is 9.84 Å². The van der Waals surface area contributed by atoms with Crippen molar-refractivity contribution >= 4 is 15.9 Å². The van der Waals surface area contributed by atoms with E-state index in [9.17, 15) is 13.2 Å². The highest BCUT2D eigenvalue weighted by Gasteiger charge is 2.31. The predicted octanol–water partition coefficient (Wildman–Crippen LogP) is 2.06. The highest BCUT2D eigenvalue weighted by Crippen LogP contribution is 2.14. The van der Waals surface area contributed by atoms with E-state index in [1.54, 1.807) is 11.8 Å². The Morgan fingerprint density at radius 2 is 2.09 bits per heavy atom. The molecule has 1 fully saturated rings. The molecule has 1 aliphatic heterocycles. The van der Waals surface area contributed by atoms with Gasteiger partial charge in [0.05, 0.1) is 11.5 Å². The molecule has 1 aromatic rings. The number of hydrogen-bond acceptors (Lipinski definition) is 3. The summed E-state index contributed by atoms with van der Waals surface area (Å²) in [7, 11) is -3.01. The molecule has 0 radical (unpaired) electrons. The number of rotatable bonds is 3. The Labute approximate surface area is 139 Å². The Hall–Kier alpha value is -1.56. The zero-order valence-electron chi connectivity index (χ0n) is 14.3. The Morgan fingerprint density at radius 1 is 1.39 bits per heavy atom. The molecule has 1 aliphatic rings. The van der Waals surface area contributed by atoms with Crippen LogP contribution in [0.15, 0.2) is 18.2 Å². The number of carbonyl (C=O) groups is 1. The van der Waals surface area contributed by atoms with Crippen LogP contribution in [0.1, 0.15) is 30.5 Å². The number of nitrogens with one attached hydrogen (secondary N) is 1. The lowest BCUT2D eigenvalue weighted by atomic mass is 10.00. The first-order valence-electron chi connectivity index (χ1n) is 8.01. The molecule has 0 bridgehead atoms. The van der Waals surface area contributed by atoms with E-state index in [1.807, 2.05) is 6.92 Å². The molecule has 1 heterocycles. The van der Waals surface area contributed by atoms with E-state index in [0.717, 1.165) is 6.42 Å². The molecule has 1 N–H and O–H groups in total. The summed E-state index contributed by atoms with van der Waals surface area (Å²) in [6, 6.07) is 5.86. The van der Waals surface area contributed by atoms with Crippen molar-refractivity contribution in [1.29, 1.82) is 0 Å². The minimum Gasteiger partial charge on any atom is -0.335 e. The van der Waals surface area contributed by atoms with E-state index in [0.29, 0.717) is 0 Å². The maximum atomic E-state index is 12.4. The number of urea groups is 1. The predicted molar refractivity (Wildman–Crippen MR) is 92.4 cm³/mol. The van der Waals surface area contributed by atoms with Gasteiger partial charge in [-0.3, -0.25) is 0 Å². The van der Waals surface area contributed by atoms with Crippen LogP contribution in [0.4, 0.5) is 4.79 Å². The minimum absolute atomic E-state index is 0.00496.